The van der Waals surface area contributed by atoms with Crippen LogP contribution >= 0.6 is 0 Å². The minimum atomic E-state index is 0.370. The van der Waals surface area contributed by atoms with E-state index < -0.39 is 0 Å². The van der Waals surface area contributed by atoms with Gasteiger partial charge in [-0.15, -0.1) is 0 Å². The van der Waals surface area contributed by atoms with Gasteiger partial charge in [-0.25, -0.2) is 0 Å². The fourth-order valence-electron chi connectivity index (χ4n) is 2.19. The molecule has 0 amide bonds. The molecule has 1 aliphatic heterocycles. The third kappa shape index (κ3) is 2.38. The van der Waals surface area contributed by atoms with Crippen LogP contribution in [0, 0.1) is 13.8 Å². The van der Waals surface area contributed by atoms with E-state index in [0.717, 1.165) is 43.9 Å². The van der Waals surface area contributed by atoms with E-state index in [-0.39, 0.29) is 0 Å². The molecule has 1 aromatic heterocycles. The Hall–Kier alpha value is -0.870. The molecule has 2 heterocycles. The fourth-order valence-corrected chi connectivity index (χ4v) is 2.19. The summed E-state index contributed by atoms with van der Waals surface area (Å²) in [6.45, 7) is 7.21. The molecule has 15 heavy (non-hydrogen) atoms. The molecule has 1 fully saturated rings. The number of nitrogens with two attached hydrogens (primary N) is 1. The summed E-state index contributed by atoms with van der Waals surface area (Å²) in [5.74, 6) is 0.955. The highest BCUT2D eigenvalue weighted by Crippen LogP contribution is 2.15. The maximum atomic E-state index is 5.86. The highest BCUT2D eigenvalue weighted by Gasteiger charge is 2.19. The maximum Gasteiger partial charge on any atom is 0.137 e. The average molecular weight is 209 g/mol. The summed E-state index contributed by atoms with van der Waals surface area (Å²) in [7, 11) is 0. The van der Waals surface area contributed by atoms with Crippen LogP contribution in [0.15, 0.2) is 4.52 Å². The average Bonchev–Trinajstić information content (AvgIpc) is 2.73. The summed E-state index contributed by atoms with van der Waals surface area (Å²) < 4.78 is 5.14. The molecule has 1 saturated heterocycles. The van der Waals surface area contributed by atoms with Crippen LogP contribution in [0.3, 0.4) is 0 Å². The first-order valence-corrected chi connectivity index (χ1v) is 5.56. The Kier molecular flexibility index (Phi) is 3.07. The van der Waals surface area contributed by atoms with Crippen molar-refractivity contribution >= 4 is 0 Å². The minimum absolute atomic E-state index is 0.370. The van der Waals surface area contributed by atoms with Gasteiger partial charge in [0.25, 0.3) is 0 Å². The first-order valence-electron chi connectivity index (χ1n) is 5.56. The second kappa shape index (κ2) is 4.33. The molecule has 2 N–H and O–H groups in total. The van der Waals surface area contributed by atoms with E-state index in [1.54, 1.807) is 0 Å². The van der Waals surface area contributed by atoms with E-state index in [1.807, 2.05) is 13.8 Å². The van der Waals surface area contributed by atoms with Gasteiger partial charge in [-0.1, -0.05) is 5.16 Å². The summed E-state index contributed by atoms with van der Waals surface area (Å²) >= 11 is 0. The minimum Gasteiger partial charge on any atom is -0.361 e. The van der Waals surface area contributed by atoms with E-state index >= 15 is 0 Å². The van der Waals surface area contributed by atoms with Gasteiger partial charge in [0.15, 0.2) is 0 Å². The molecule has 1 aromatic rings. The van der Waals surface area contributed by atoms with Crippen LogP contribution in [0.25, 0.3) is 0 Å². The van der Waals surface area contributed by atoms with Crippen molar-refractivity contribution in [1.82, 2.24) is 10.1 Å². The zero-order valence-corrected chi connectivity index (χ0v) is 9.49. The Balaban J connectivity index is 1.88. The SMILES string of the molecule is Cc1noc(C)c1CCN1CC[C@H](N)C1. The molecule has 0 unspecified atom stereocenters. The van der Waals surface area contributed by atoms with Crippen LogP contribution in [0.5, 0.6) is 0 Å². The molecular formula is C11H19N3O. The molecule has 0 spiro atoms. The lowest BCUT2D eigenvalue weighted by molar-refractivity contribution is 0.337. The summed E-state index contributed by atoms with van der Waals surface area (Å²) in [5.41, 5.74) is 8.15. The predicted octanol–water partition coefficient (Wildman–Crippen LogP) is 0.867. The van der Waals surface area contributed by atoms with Gasteiger partial charge >= 0.3 is 0 Å². The zero-order valence-electron chi connectivity index (χ0n) is 9.49. The van der Waals surface area contributed by atoms with Crippen LogP contribution < -0.4 is 5.73 Å². The van der Waals surface area contributed by atoms with E-state index in [9.17, 15) is 0 Å². The van der Waals surface area contributed by atoms with Crippen molar-refractivity contribution < 1.29 is 4.52 Å². The number of hydrogen-bond acceptors (Lipinski definition) is 4. The van der Waals surface area contributed by atoms with Crippen molar-refractivity contribution in [3.8, 4) is 0 Å². The monoisotopic (exact) mass is 209 g/mol. The number of nitrogens with zero attached hydrogens (tertiary/aromatic N) is 2. The molecule has 84 valence electrons. The second-order valence-electron chi connectivity index (χ2n) is 4.40. The van der Waals surface area contributed by atoms with Gasteiger partial charge in [0, 0.05) is 24.7 Å². The van der Waals surface area contributed by atoms with Gasteiger partial charge < -0.3 is 15.2 Å². The number of rotatable bonds is 3. The van der Waals surface area contributed by atoms with Gasteiger partial charge in [-0.05, 0) is 33.2 Å². The normalized spacial score (nSPS) is 22.5. The van der Waals surface area contributed by atoms with Crippen LogP contribution in [0.4, 0.5) is 0 Å². The van der Waals surface area contributed by atoms with Gasteiger partial charge in [0.05, 0.1) is 5.69 Å². The van der Waals surface area contributed by atoms with Crippen LogP contribution in [0.1, 0.15) is 23.4 Å². The highest BCUT2D eigenvalue weighted by molar-refractivity contribution is 5.21. The molecule has 1 atom stereocenters. The lowest BCUT2D eigenvalue weighted by Crippen LogP contribution is -2.28. The van der Waals surface area contributed by atoms with E-state index in [1.165, 1.54) is 5.56 Å². The number of hydrogen-bond donors (Lipinski definition) is 1. The van der Waals surface area contributed by atoms with Crippen molar-refractivity contribution in [3.63, 3.8) is 0 Å². The number of likely N-dealkylation sites (tertiary alicyclic amines) is 1. The summed E-state index contributed by atoms with van der Waals surface area (Å²) in [6.07, 6.45) is 2.15. The summed E-state index contributed by atoms with van der Waals surface area (Å²) in [5, 5.41) is 3.96. The molecule has 0 saturated carbocycles. The van der Waals surface area contributed by atoms with Gasteiger partial charge in [0.2, 0.25) is 0 Å². The summed E-state index contributed by atoms with van der Waals surface area (Å²) in [4.78, 5) is 2.41. The smallest absolute Gasteiger partial charge is 0.137 e. The Morgan fingerprint density at radius 3 is 2.87 bits per heavy atom. The molecule has 0 aromatic carbocycles. The second-order valence-corrected chi connectivity index (χ2v) is 4.40. The third-order valence-electron chi connectivity index (χ3n) is 3.17. The lowest BCUT2D eigenvalue weighted by Gasteiger charge is -2.14. The van der Waals surface area contributed by atoms with Gasteiger partial charge in [-0.3, -0.25) is 0 Å². The first-order chi connectivity index (χ1) is 7.16. The van der Waals surface area contributed by atoms with Crippen LogP contribution in [0.2, 0.25) is 0 Å². The molecule has 1 aliphatic rings. The number of aromatic nitrogens is 1. The zero-order chi connectivity index (χ0) is 10.8. The number of aryl methyl sites for hydroxylation is 2. The fraction of sp³-hybridized carbons (Fsp3) is 0.727. The Bertz CT molecular complexity index is 315. The van der Waals surface area contributed by atoms with Crippen molar-refractivity contribution in [1.29, 1.82) is 0 Å². The van der Waals surface area contributed by atoms with E-state index in [2.05, 4.69) is 10.1 Å². The van der Waals surface area contributed by atoms with E-state index in [0.29, 0.717) is 6.04 Å². The van der Waals surface area contributed by atoms with Gasteiger partial charge in [-0.2, -0.15) is 0 Å². The Labute approximate surface area is 90.4 Å². The molecule has 4 heteroatoms. The predicted molar refractivity (Wildman–Crippen MR) is 58.7 cm³/mol. The van der Waals surface area contributed by atoms with Gasteiger partial charge in [0.1, 0.15) is 5.76 Å². The van der Waals surface area contributed by atoms with Crippen molar-refractivity contribution in [2.24, 2.45) is 5.73 Å². The summed E-state index contributed by atoms with van der Waals surface area (Å²) in [6, 6.07) is 0.370. The molecule has 0 bridgehead atoms. The maximum absolute atomic E-state index is 5.86. The lowest BCUT2D eigenvalue weighted by atomic mass is 10.1. The first kappa shape index (κ1) is 10.6. The van der Waals surface area contributed by atoms with Crippen molar-refractivity contribution in [3.05, 3.63) is 17.0 Å². The topological polar surface area (TPSA) is 55.3 Å². The van der Waals surface area contributed by atoms with Crippen LogP contribution in [-0.4, -0.2) is 35.7 Å². The molecule has 0 aliphatic carbocycles. The highest BCUT2D eigenvalue weighted by atomic mass is 16.5. The molecule has 2 rings (SSSR count). The standard InChI is InChI=1S/C11H19N3O/c1-8-11(9(2)15-13-8)4-6-14-5-3-10(12)7-14/h10H,3-7,12H2,1-2H3/t10-/m0/s1. The molecule has 0 radical (unpaired) electrons. The van der Waals surface area contributed by atoms with Crippen LogP contribution in [-0.2, 0) is 6.42 Å². The molecule has 4 nitrogen and oxygen atoms in total. The van der Waals surface area contributed by atoms with Crippen molar-refractivity contribution in [2.45, 2.75) is 32.7 Å². The largest absolute Gasteiger partial charge is 0.361 e. The Morgan fingerprint density at radius 2 is 2.33 bits per heavy atom. The molecular weight excluding hydrogens is 190 g/mol. The van der Waals surface area contributed by atoms with E-state index in [4.69, 9.17) is 10.3 Å². The van der Waals surface area contributed by atoms with Crippen molar-refractivity contribution in [2.75, 3.05) is 19.6 Å². The third-order valence-corrected chi connectivity index (χ3v) is 3.17. The quantitative estimate of drug-likeness (QED) is 0.802. The Morgan fingerprint density at radius 1 is 1.53 bits per heavy atom.